The van der Waals surface area contributed by atoms with Crippen LogP contribution in [0.25, 0.3) is 38.9 Å². The van der Waals surface area contributed by atoms with Gasteiger partial charge in [-0.3, -0.25) is 14.5 Å². The zero-order valence-corrected chi connectivity index (χ0v) is 19.8. The van der Waals surface area contributed by atoms with E-state index in [9.17, 15) is 4.79 Å². The molecule has 0 spiro atoms. The fourth-order valence-corrected chi connectivity index (χ4v) is 5.19. The second-order valence-electron chi connectivity index (χ2n) is 8.54. The molecule has 1 aromatic carbocycles. The van der Waals surface area contributed by atoms with Gasteiger partial charge in [0.15, 0.2) is 0 Å². The molecule has 5 aromatic rings. The van der Waals surface area contributed by atoms with Crippen LogP contribution < -0.4 is 0 Å². The number of pyridine rings is 2. The summed E-state index contributed by atoms with van der Waals surface area (Å²) in [7, 11) is 0. The minimum atomic E-state index is 0.106. The molecule has 1 aliphatic heterocycles. The van der Waals surface area contributed by atoms with E-state index in [2.05, 4.69) is 16.1 Å². The Morgan fingerprint density at radius 2 is 1.91 bits per heavy atom. The van der Waals surface area contributed by atoms with Crippen molar-refractivity contribution in [1.82, 2.24) is 29.0 Å². The van der Waals surface area contributed by atoms with Gasteiger partial charge in [0.25, 0.3) is 0 Å². The Morgan fingerprint density at radius 1 is 1.09 bits per heavy atom. The Labute approximate surface area is 205 Å². The molecule has 9 heteroatoms. The van der Waals surface area contributed by atoms with Crippen LogP contribution in [0.5, 0.6) is 0 Å². The Morgan fingerprint density at radius 3 is 2.68 bits per heavy atom. The normalized spacial score (nSPS) is 16.1. The van der Waals surface area contributed by atoms with Crippen LogP contribution in [0.1, 0.15) is 19.4 Å². The average molecular weight is 491 g/mol. The first kappa shape index (κ1) is 21.1. The van der Waals surface area contributed by atoms with E-state index >= 15 is 0 Å². The van der Waals surface area contributed by atoms with Crippen molar-refractivity contribution in [2.75, 3.05) is 13.1 Å². The van der Waals surface area contributed by atoms with Gasteiger partial charge in [-0.25, -0.2) is 4.98 Å². The molecule has 0 bridgehead atoms. The van der Waals surface area contributed by atoms with E-state index in [0.29, 0.717) is 27.8 Å². The molecule has 0 aliphatic carbocycles. The number of nitrogens with zero attached hydrogens (tertiary/aromatic N) is 6. The van der Waals surface area contributed by atoms with Crippen molar-refractivity contribution in [3.63, 3.8) is 0 Å². The number of imidazole rings is 1. The molecule has 4 aromatic heterocycles. The summed E-state index contributed by atoms with van der Waals surface area (Å²) < 4.78 is 3.91. The number of amides is 1. The molecule has 1 unspecified atom stereocenters. The maximum Gasteiger partial charge on any atom is 0.219 e. The zero-order chi connectivity index (χ0) is 23.4. The smallest absolute Gasteiger partial charge is 0.219 e. The number of halogens is 2. The number of aromatic nitrogens is 5. The van der Waals surface area contributed by atoms with Crippen LogP contribution in [0.15, 0.2) is 61.3 Å². The first-order chi connectivity index (χ1) is 16.5. The second-order valence-corrected chi connectivity index (χ2v) is 9.36. The lowest BCUT2D eigenvalue weighted by atomic mass is 10.1. The molecule has 34 heavy (non-hydrogen) atoms. The minimum absolute atomic E-state index is 0.106. The van der Waals surface area contributed by atoms with Crippen LogP contribution in [0.3, 0.4) is 0 Å². The number of likely N-dealkylation sites (tertiary alicyclic amines) is 1. The summed E-state index contributed by atoms with van der Waals surface area (Å²) in [4.78, 5) is 23.1. The number of fused-ring (bicyclic) bond motifs is 3. The highest BCUT2D eigenvalue weighted by Crippen LogP contribution is 2.35. The lowest BCUT2D eigenvalue weighted by molar-refractivity contribution is -0.127. The van der Waals surface area contributed by atoms with Crippen molar-refractivity contribution < 1.29 is 4.79 Å². The van der Waals surface area contributed by atoms with Gasteiger partial charge in [0.05, 0.1) is 33.5 Å². The molecule has 6 rings (SSSR count). The van der Waals surface area contributed by atoms with Crippen molar-refractivity contribution in [2.45, 2.75) is 19.4 Å². The van der Waals surface area contributed by atoms with Crippen LogP contribution in [-0.4, -0.2) is 48.0 Å². The molecule has 0 N–H and O–H groups in total. The van der Waals surface area contributed by atoms with E-state index in [4.69, 9.17) is 28.2 Å². The van der Waals surface area contributed by atoms with Crippen molar-refractivity contribution >= 4 is 45.7 Å². The standard InChI is InChI=1S/C25H20Cl2N6O/c1-15(34)31-7-5-18(13-31)33-12-17(11-29-33)16-9-19-22(28-10-16)6-8-32-14-23(30-25(19)32)24-20(26)3-2-4-21(24)27/h2-4,6,8-12,14,18H,5,7,13H2,1H3. The van der Waals surface area contributed by atoms with Gasteiger partial charge in [0.2, 0.25) is 5.91 Å². The summed E-state index contributed by atoms with van der Waals surface area (Å²) in [5.74, 6) is 0.106. The fourth-order valence-electron chi connectivity index (χ4n) is 4.60. The highest BCUT2D eigenvalue weighted by molar-refractivity contribution is 6.39. The lowest BCUT2D eigenvalue weighted by Crippen LogP contribution is -2.26. The number of benzene rings is 1. The lowest BCUT2D eigenvalue weighted by Gasteiger charge is -2.13. The quantitative estimate of drug-likeness (QED) is 0.334. The van der Waals surface area contributed by atoms with Crippen molar-refractivity contribution in [3.8, 4) is 22.4 Å². The van der Waals surface area contributed by atoms with Gasteiger partial charge in [0, 0.05) is 66.9 Å². The summed E-state index contributed by atoms with van der Waals surface area (Å²) in [6.45, 7) is 3.07. The fraction of sp³-hybridized carbons (Fsp3) is 0.200. The topological polar surface area (TPSA) is 68.3 Å². The molecule has 0 radical (unpaired) electrons. The molecule has 170 valence electrons. The van der Waals surface area contributed by atoms with E-state index in [1.54, 1.807) is 6.92 Å². The highest BCUT2D eigenvalue weighted by Gasteiger charge is 2.26. The summed E-state index contributed by atoms with van der Waals surface area (Å²) in [6.07, 6.45) is 10.5. The number of carbonyl (C=O) groups is 1. The van der Waals surface area contributed by atoms with E-state index in [1.807, 2.05) is 69.2 Å². The van der Waals surface area contributed by atoms with Crippen molar-refractivity contribution in [2.24, 2.45) is 0 Å². The van der Waals surface area contributed by atoms with Crippen molar-refractivity contribution in [3.05, 3.63) is 71.4 Å². The molecule has 1 aliphatic rings. The van der Waals surface area contributed by atoms with Gasteiger partial charge < -0.3 is 9.30 Å². The van der Waals surface area contributed by atoms with Crippen molar-refractivity contribution in [1.29, 1.82) is 0 Å². The van der Waals surface area contributed by atoms with Crippen LogP contribution in [0.2, 0.25) is 10.0 Å². The average Bonchev–Trinajstić information content (AvgIpc) is 3.57. The summed E-state index contributed by atoms with van der Waals surface area (Å²) in [6, 6.07) is 9.67. The highest BCUT2D eigenvalue weighted by atomic mass is 35.5. The Balaban J connectivity index is 1.40. The van der Waals surface area contributed by atoms with Gasteiger partial charge in [-0.15, -0.1) is 0 Å². The van der Waals surface area contributed by atoms with E-state index in [0.717, 1.165) is 40.6 Å². The van der Waals surface area contributed by atoms with Gasteiger partial charge >= 0.3 is 0 Å². The first-order valence-electron chi connectivity index (χ1n) is 11.0. The second kappa shape index (κ2) is 8.11. The maximum absolute atomic E-state index is 11.7. The predicted octanol–water partition coefficient (Wildman–Crippen LogP) is 5.51. The zero-order valence-electron chi connectivity index (χ0n) is 18.3. The molecule has 0 saturated carbocycles. The number of carbonyl (C=O) groups excluding carboxylic acids is 1. The number of hydrogen-bond donors (Lipinski definition) is 0. The third-order valence-corrected chi connectivity index (χ3v) is 7.05. The monoisotopic (exact) mass is 490 g/mol. The van der Waals surface area contributed by atoms with E-state index in [1.165, 1.54) is 0 Å². The van der Waals surface area contributed by atoms with Gasteiger partial charge in [-0.1, -0.05) is 29.3 Å². The molecule has 5 heterocycles. The van der Waals surface area contributed by atoms with Crippen LogP contribution in [0, 0.1) is 0 Å². The molecular weight excluding hydrogens is 471 g/mol. The molecular formula is C25H20Cl2N6O. The Kier molecular flexibility index (Phi) is 5.04. The molecule has 1 saturated heterocycles. The SMILES string of the molecule is CC(=O)N1CCC(n2cc(-c3cnc4ccn5cc(-c6c(Cl)cccc6Cl)nc5c4c3)cn2)C1. The Hall–Kier alpha value is -3.42. The molecule has 7 nitrogen and oxygen atoms in total. The molecule has 1 amide bonds. The largest absolute Gasteiger partial charge is 0.341 e. The van der Waals surface area contributed by atoms with Gasteiger partial charge in [-0.2, -0.15) is 5.10 Å². The van der Waals surface area contributed by atoms with Crippen LogP contribution in [-0.2, 0) is 4.79 Å². The first-order valence-corrected chi connectivity index (χ1v) is 11.8. The summed E-state index contributed by atoms with van der Waals surface area (Å²) in [5.41, 5.74) is 4.96. The van der Waals surface area contributed by atoms with Crippen LogP contribution >= 0.6 is 23.2 Å². The Bertz CT molecular complexity index is 1550. The number of hydrogen-bond acceptors (Lipinski definition) is 4. The third kappa shape index (κ3) is 3.52. The van der Waals surface area contributed by atoms with Gasteiger partial charge in [0.1, 0.15) is 5.65 Å². The van der Waals surface area contributed by atoms with E-state index in [-0.39, 0.29) is 11.9 Å². The summed E-state index contributed by atoms with van der Waals surface area (Å²) >= 11 is 12.8. The van der Waals surface area contributed by atoms with Gasteiger partial charge in [-0.05, 0) is 30.7 Å². The number of rotatable bonds is 3. The third-order valence-electron chi connectivity index (χ3n) is 6.42. The maximum atomic E-state index is 11.7. The van der Waals surface area contributed by atoms with E-state index < -0.39 is 0 Å². The summed E-state index contributed by atoms with van der Waals surface area (Å²) in [5, 5.41) is 6.61. The predicted molar refractivity (Wildman–Crippen MR) is 133 cm³/mol. The van der Waals surface area contributed by atoms with Crippen LogP contribution in [0.4, 0.5) is 0 Å². The molecule has 1 fully saturated rings. The molecule has 1 atom stereocenters. The minimum Gasteiger partial charge on any atom is -0.341 e.